The van der Waals surface area contributed by atoms with E-state index in [0.29, 0.717) is 10.7 Å². The van der Waals surface area contributed by atoms with E-state index in [4.69, 9.17) is 15.6 Å². The standard InChI is InChI=1S/C20H22N8O5S4/c1-28(5-3-4-6-28)10-8-35-20(22-10)36-9-7-34-17-12(16(30)27(17)13(9)18(31)32)23-15(29)11(25-33-2)14-24-19(21)37-26-14/h8,12,17H,3-7H2,1-2H3,(H3-,21,23,24,26,29,31,32)/p+1/b25-11-/t12-,17-/m1/s1. The zero-order valence-electron chi connectivity index (χ0n) is 19.7. The molecule has 2 amide bonds. The average Bonchev–Trinajstić information content (AvgIpc) is 3.62. The van der Waals surface area contributed by atoms with Crippen LogP contribution in [0.4, 0.5) is 10.9 Å². The predicted molar refractivity (Wildman–Crippen MR) is 142 cm³/mol. The lowest BCUT2D eigenvalue weighted by molar-refractivity contribution is -0.150. The van der Waals surface area contributed by atoms with E-state index < -0.39 is 29.2 Å². The maximum Gasteiger partial charge on any atom is 0.353 e. The lowest BCUT2D eigenvalue weighted by Crippen LogP contribution is -2.71. The molecule has 2 aromatic rings. The first kappa shape index (κ1) is 25.9. The number of fused-ring (bicyclic) bond motifs is 1. The number of nitrogens with one attached hydrogen (secondary N) is 1. The number of carboxylic acid groups (broad SMARTS) is 1. The van der Waals surface area contributed by atoms with Gasteiger partial charge in [0.1, 0.15) is 24.2 Å². The Labute approximate surface area is 227 Å². The largest absolute Gasteiger partial charge is 0.477 e. The third-order valence-corrected chi connectivity index (χ3v) is 10.3. The molecule has 4 N–H and O–H groups in total. The van der Waals surface area contributed by atoms with Crippen LogP contribution in [0.3, 0.4) is 0 Å². The Hall–Kier alpha value is -2.73. The number of amides is 2. The highest BCUT2D eigenvalue weighted by molar-refractivity contribution is 8.07. The van der Waals surface area contributed by atoms with Crippen molar-refractivity contribution in [1.29, 1.82) is 0 Å². The third-order valence-electron chi connectivity index (χ3n) is 6.26. The molecule has 2 atom stereocenters. The van der Waals surface area contributed by atoms with E-state index >= 15 is 0 Å². The molecule has 196 valence electrons. The van der Waals surface area contributed by atoms with Gasteiger partial charge in [-0.1, -0.05) is 16.9 Å². The Bertz CT molecular complexity index is 1320. The number of quaternary nitrogens is 1. The van der Waals surface area contributed by atoms with Gasteiger partial charge >= 0.3 is 5.97 Å². The highest BCUT2D eigenvalue weighted by Gasteiger charge is 2.54. The van der Waals surface area contributed by atoms with Crippen LogP contribution in [0.15, 0.2) is 25.5 Å². The molecule has 2 fully saturated rings. The fraction of sp³-hybridized carbons (Fsp3) is 0.450. The number of thiazole rings is 1. The zero-order valence-corrected chi connectivity index (χ0v) is 23.0. The summed E-state index contributed by atoms with van der Waals surface area (Å²) in [6.45, 7) is 2.07. The minimum Gasteiger partial charge on any atom is -0.477 e. The number of anilines is 1. The van der Waals surface area contributed by atoms with E-state index in [-0.39, 0.29) is 22.4 Å². The number of nitrogen functional groups attached to an aromatic ring is 1. The Balaban J connectivity index is 1.32. The van der Waals surface area contributed by atoms with Crippen molar-refractivity contribution in [3.63, 3.8) is 0 Å². The van der Waals surface area contributed by atoms with Crippen molar-refractivity contribution in [2.75, 3.05) is 38.7 Å². The summed E-state index contributed by atoms with van der Waals surface area (Å²) in [5, 5.41) is 17.8. The number of aliphatic carboxylic acids is 1. The Morgan fingerprint density at radius 2 is 2.11 bits per heavy atom. The van der Waals surface area contributed by atoms with Gasteiger partial charge in [-0.05, 0) is 0 Å². The van der Waals surface area contributed by atoms with Crippen LogP contribution in [-0.4, -0.2) is 92.3 Å². The number of rotatable bonds is 8. The number of hydrogen-bond acceptors (Lipinski definition) is 13. The normalized spacial score (nSPS) is 23.0. The monoisotopic (exact) mass is 583 g/mol. The summed E-state index contributed by atoms with van der Waals surface area (Å²) in [7, 11) is 3.42. The molecule has 2 saturated heterocycles. The molecule has 0 bridgehead atoms. The molecule has 0 radical (unpaired) electrons. The van der Waals surface area contributed by atoms with Gasteiger partial charge in [-0.25, -0.2) is 4.79 Å². The molecule has 13 nitrogen and oxygen atoms in total. The molecular weight excluding hydrogens is 561 g/mol. The fourth-order valence-corrected chi connectivity index (χ4v) is 8.40. The molecule has 3 aliphatic heterocycles. The topological polar surface area (TPSA) is 173 Å². The molecule has 3 aliphatic rings. The van der Waals surface area contributed by atoms with Crippen LogP contribution in [0.1, 0.15) is 18.7 Å². The van der Waals surface area contributed by atoms with Crippen molar-refractivity contribution < 1.29 is 24.3 Å². The van der Waals surface area contributed by atoms with Crippen LogP contribution in [-0.2, 0) is 19.2 Å². The summed E-state index contributed by atoms with van der Waals surface area (Å²) in [4.78, 5) is 53.3. The van der Waals surface area contributed by atoms with Crippen LogP contribution < -0.4 is 15.5 Å². The quantitative estimate of drug-likeness (QED) is 0.176. The first-order chi connectivity index (χ1) is 17.7. The molecule has 5 heterocycles. The summed E-state index contributed by atoms with van der Waals surface area (Å²) in [6, 6.07) is -0.942. The lowest BCUT2D eigenvalue weighted by atomic mass is 10.0. The maximum atomic E-state index is 13.0. The van der Waals surface area contributed by atoms with Crippen LogP contribution in [0.25, 0.3) is 0 Å². The number of thioether (sulfide) groups is 2. The molecule has 0 saturated carbocycles. The minimum absolute atomic E-state index is 0.0283. The van der Waals surface area contributed by atoms with E-state index in [1.54, 1.807) is 0 Å². The zero-order chi connectivity index (χ0) is 26.3. The number of β-lactam (4-membered cyclic amide) rings is 1. The molecule has 2 aromatic heterocycles. The minimum atomic E-state index is -1.20. The summed E-state index contributed by atoms with van der Waals surface area (Å²) in [5.41, 5.74) is 5.28. The van der Waals surface area contributed by atoms with E-state index in [9.17, 15) is 19.5 Å². The highest BCUT2D eigenvalue weighted by atomic mass is 32.2. The summed E-state index contributed by atoms with van der Waals surface area (Å²) < 4.78 is 5.48. The molecular formula is C20H23N8O5S4+. The SMILES string of the molecule is CO/N=C(\C(=O)N[C@@H]1C(=O)N2C(C(=O)O)=C(Sc3nc([N+]4(C)CCCC4)cs3)CS[C@H]12)c1nsc(N)n1. The van der Waals surface area contributed by atoms with Gasteiger partial charge in [0.25, 0.3) is 11.8 Å². The molecule has 17 heteroatoms. The predicted octanol–water partition coefficient (Wildman–Crippen LogP) is 1.15. The van der Waals surface area contributed by atoms with Crippen LogP contribution in [0.5, 0.6) is 0 Å². The second-order valence-corrected chi connectivity index (χ2v) is 12.7. The average molecular weight is 584 g/mol. The highest BCUT2D eigenvalue weighted by Crippen LogP contribution is 2.46. The number of likely N-dealkylation sites (tertiary alicyclic amines) is 1. The number of oxime groups is 1. The van der Waals surface area contributed by atoms with Gasteiger partial charge in [-0.15, -0.1) is 23.1 Å². The molecule has 0 unspecified atom stereocenters. The number of carbonyl (C=O) groups excluding carboxylic acids is 2. The van der Waals surface area contributed by atoms with E-state index in [1.807, 2.05) is 5.38 Å². The number of aromatic nitrogens is 3. The molecule has 0 aliphatic carbocycles. The van der Waals surface area contributed by atoms with Gasteiger partial charge < -0.3 is 21.0 Å². The lowest BCUT2D eigenvalue weighted by Gasteiger charge is -2.49. The number of nitrogens with zero attached hydrogens (tertiary/aromatic N) is 6. The Morgan fingerprint density at radius 1 is 1.35 bits per heavy atom. The molecule has 5 rings (SSSR count). The Morgan fingerprint density at radius 3 is 2.76 bits per heavy atom. The summed E-state index contributed by atoms with van der Waals surface area (Å²) in [5.74, 6) is -1.15. The number of nitrogens with two attached hydrogens (primary N) is 1. The summed E-state index contributed by atoms with van der Waals surface area (Å²) in [6.07, 6.45) is 2.32. The van der Waals surface area contributed by atoms with Crippen molar-refractivity contribution in [1.82, 2.24) is 29.0 Å². The van der Waals surface area contributed by atoms with Gasteiger partial charge in [0, 0.05) is 35.0 Å². The Kier molecular flexibility index (Phi) is 7.14. The van der Waals surface area contributed by atoms with Crippen molar-refractivity contribution in [3.05, 3.63) is 21.8 Å². The number of carbonyl (C=O) groups is 3. The van der Waals surface area contributed by atoms with Crippen LogP contribution in [0, 0.1) is 0 Å². The fourth-order valence-electron chi connectivity index (χ4n) is 4.40. The van der Waals surface area contributed by atoms with E-state index in [2.05, 4.69) is 26.9 Å². The van der Waals surface area contributed by atoms with Crippen molar-refractivity contribution in [2.24, 2.45) is 5.16 Å². The van der Waals surface area contributed by atoms with Gasteiger partial charge in [0.05, 0.1) is 25.5 Å². The van der Waals surface area contributed by atoms with Gasteiger partial charge in [-0.3, -0.25) is 19.0 Å². The molecule has 37 heavy (non-hydrogen) atoms. The number of hydrogen-bond donors (Lipinski definition) is 3. The molecule has 0 spiro atoms. The van der Waals surface area contributed by atoms with Gasteiger partial charge in [-0.2, -0.15) is 14.3 Å². The maximum absolute atomic E-state index is 13.0. The molecule has 0 aromatic carbocycles. The first-order valence-corrected chi connectivity index (χ1v) is 14.6. The summed E-state index contributed by atoms with van der Waals surface area (Å²) >= 11 is 5.01. The van der Waals surface area contributed by atoms with Gasteiger partial charge in [0.2, 0.25) is 17.4 Å². The third kappa shape index (κ3) is 4.81. The van der Waals surface area contributed by atoms with Crippen molar-refractivity contribution in [2.45, 2.75) is 28.6 Å². The van der Waals surface area contributed by atoms with E-state index in [1.165, 1.54) is 46.9 Å². The smallest absolute Gasteiger partial charge is 0.353 e. The number of carboxylic acids is 1. The van der Waals surface area contributed by atoms with Crippen molar-refractivity contribution in [3.8, 4) is 0 Å². The van der Waals surface area contributed by atoms with Gasteiger partial charge in [0.15, 0.2) is 9.47 Å². The van der Waals surface area contributed by atoms with Crippen molar-refractivity contribution >= 4 is 80.8 Å². The first-order valence-electron chi connectivity index (χ1n) is 11.1. The second kappa shape index (κ2) is 10.2. The van der Waals surface area contributed by atoms with E-state index in [0.717, 1.165) is 52.1 Å². The van der Waals surface area contributed by atoms with Crippen LogP contribution in [0.2, 0.25) is 0 Å². The second-order valence-electron chi connectivity index (χ2n) is 8.64. The van der Waals surface area contributed by atoms with Crippen LogP contribution >= 0.6 is 46.4 Å².